The Morgan fingerprint density at radius 2 is 1.94 bits per heavy atom. The van der Waals surface area contributed by atoms with Crippen LogP contribution in [-0.2, 0) is 20.8 Å². The number of benzene rings is 2. The largest absolute Gasteiger partial charge is 0.507 e. The van der Waals surface area contributed by atoms with Gasteiger partial charge in [0.2, 0.25) is 11.2 Å². The van der Waals surface area contributed by atoms with E-state index in [4.69, 9.17) is 13.9 Å². The number of methoxy groups -OCH3 is 1. The molecule has 0 saturated carbocycles. The lowest BCUT2D eigenvalue weighted by atomic mass is 9.97. The molecule has 1 aromatic heterocycles. The number of phenols is 1. The third-order valence-corrected chi connectivity index (χ3v) is 6.00. The molecule has 1 fully saturated rings. The van der Waals surface area contributed by atoms with E-state index in [1.54, 1.807) is 19.1 Å². The summed E-state index contributed by atoms with van der Waals surface area (Å²) in [5.74, 6) is -0.588. The van der Waals surface area contributed by atoms with Crippen molar-refractivity contribution in [3.8, 4) is 17.2 Å². The Hall–Kier alpha value is -3.85. The van der Waals surface area contributed by atoms with Gasteiger partial charge in [-0.1, -0.05) is 0 Å². The van der Waals surface area contributed by atoms with E-state index in [0.717, 1.165) is 19.4 Å². The van der Waals surface area contributed by atoms with Crippen molar-refractivity contribution in [3.63, 3.8) is 0 Å². The number of hydrogen-bond acceptors (Lipinski definition) is 9. The first-order chi connectivity index (χ1) is 16.9. The highest BCUT2D eigenvalue weighted by Gasteiger charge is 2.28. The number of carbonyl (C=O) groups excluding carboxylic acids is 2. The van der Waals surface area contributed by atoms with Crippen LogP contribution in [0.15, 0.2) is 51.9 Å². The van der Waals surface area contributed by atoms with Crippen LogP contribution < -0.4 is 10.2 Å². The van der Waals surface area contributed by atoms with Gasteiger partial charge in [0.05, 0.1) is 36.1 Å². The Balaban J connectivity index is 1.57. The number of rotatable bonds is 7. The van der Waals surface area contributed by atoms with Crippen molar-refractivity contribution in [2.45, 2.75) is 26.3 Å². The predicted octanol–water partition coefficient (Wildman–Crippen LogP) is 3.85. The summed E-state index contributed by atoms with van der Waals surface area (Å²) < 4.78 is 21.3. The van der Waals surface area contributed by atoms with E-state index in [1.165, 1.54) is 37.6 Å². The lowest BCUT2D eigenvalue weighted by molar-refractivity contribution is -0.150. The minimum Gasteiger partial charge on any atom is -0.507 e. The zero-order valence-corrected chi connectivity index (χ0v) is 19.6. The molecule has 35 heavy (non-hydrogen) atoms. The maximum atomic E-state index is 13.1. The monoisotopic (exact) mass is 481 g/mol. The van der Waals surface area contributed by atoms with E-state index < -0.39 is 11.4 Å². The highest BCUT2D eigenvalue weighted by Crippen LogP contribution is 2.31. The topological polar surface area (TPSA) is 116 Å². The summed E-state index contributed by atoms with van der Waals surface area (Å²) in [7, 11) is 1.29. The Kier molecular flexibility index (Phi) is 7.36. The number of aromatic hydroxyl groups is 1. The molecule has 4 rings (SSSR count). The first-order valence-electron chi connectivity index (χ1n) is 11.4. The summed E-state index contributed by atoms with van der Waals surface area (Å²) in [5.41, 5.74) is 0.695. The van der Waals surface area contributed by atoms with Gasteiger partial charge < -0.3 is 23.7 Å². The molecule has 0 radical (unpaired) electrons. The zero-order chi connectivity index (χ0) is 24.9. The van der Waals surface area contributed by atoms with Crippen LogP contribution in [0.1, 0.15) is 35.7 Å². The zero-order valence-electron chi connectivity index (χ0n) is 19.6. The Morgan fingerprint density at radius 1 is 1.17 bits per heavy atom. The lowest BCUT2D eigenvalue weighted by Crippen LogP contribution is -2.39. The number of likely N-dealkylation sites (tertiary alicyclic amines) is 1. The van der Waals surface area contributed by atoms with Gasteiger partial charge in [-0.15, -0.1) is 0 Å². The number of ether oxygens (including phenoxy) is 3. The second kappa shape index (κ2) is 10.6. The van der Waals surface area contributed by atoms with Gasteiger partial charge in [0, 0.05) is 13.1 Å². The van der Waals surface area contributed by atoms with Crippen LogP contribution in [0.4, 0.5) is 0 Å². The molecule has 184 valence electrons. The van der Waals surface area contributed by atoms with Gasteiger partial charge in [-0.3, -0.25) is 14.5 Å². The van der Waals surface area contributed by atoms with Crippen LogP contribution in [0.3, 0.4) is 0 Å². The third-order valence-electron chi connectivity index (χ3n) is 6.00. The average Bonchev–Trinajstić information content (AvgIpc) is 2.87. The molecule has 1 N–H and O–H groups in total. The smallest absolute Gasteiger partial charge is 0.337 e. The molecule has 0 aliphatic carbocycles. The second-order valence-corrected chi connectivity index (χ2v) is 8.31. The molecule has 0 spiro atoms. The fourth-order valence-electron chi connectivity index (χ4n) is 4.23. The van der Waals surface area contributed by atoms with Gasteiger partial charge in [-0.25, -0.2) is 4.79 Å². The number of carbonyl (C=O) groups is 2. The number of nitrogens with zero attached hydrogens (tertiary/aromatic N) is 1. The Labute approximate surface area is 201 Å². The van der Waals surface area contributed by atoms with Crippen molar-refractivity contribution >= 4 is 22.9 Å². The van der Waals surface area contributed by atoms with Crippen molar-refractivity contribution in [3.05, 3.63) is 64.0 Å². The van der Waals surface area contributed by atoms with Gasteiger partial charge in [0.15, 0.2) is 0 Å². The molecule has 1 unspecified atom stereocenters. The second-order valence-electron chi connectivity index (χ2n) is 8.31. The molecular weight excluding hydrogens is 454 g/mol. The van der Waals surface area contributed by atoms with Crippen molar-refractivity contribution in [1.29, 1.82) is 0 Å². The van der Waals surface area contributed by atoms with Gasteiger partial charge in [-0.05, 0) is 62.7 Å². The van der Waals surface area contributed by atoms with E-state index in [2.05, 4.69) is 4.74 Å². The molecule has 1 atom stereocenters. The van der Waals surface area contributed by atoms with Crippen LogP contribution >= 0.6 is 0 Å². The first-order valence-corrected chi connectivity index (χ1v) is 11.4. The predicted molar refractivity (Wildman–Crippen MR) is 127 cm³/mol. The summed E-state index contributed by atoms with van der Waals surface area (Å²) >= 11 is 0. The number of esters is 2. The quantitative estimate of drug-likeness (QED) is 0.502. The molecule has 3 aromatic rings. The van der Waals surface area contributed by atoms with Crippen LogP contribution in [-0.4, -0.2) is 48.8 Å². The number of phenolic OH excluding ortho intramolecular Hbond substituents is 1. The van der Waals surface area contributed by atoms with Gasteiger partial charge >= 0.3 is 11.9 Å². The summed E-state index contributed by atoms with van der Waals surface area (Å²) in [6.45, 7) is 3.69. The van der Waals surface area contributed by atoms with Gasteiger partial charge in [0.1, 0.15) is 23.3 Å². The van der Waals surface area contributed by atoms with Crippen LogP contribution in [0.2, 0.25) is 0 Å². The molecule has 0 bridgehead atoms. The molecular formula is C26H27NO8. The molecule has 0 amide bonds. The van der Waals surface area contributed by atoms with Gasteiger partial charge in [-0.2, -0.15) is 0 Å². The molecule has 1 saturated heterocycles. The third kappa shape index (κ3) is 5.30. The molecule has 2 aromatic carbocycles. The van der Waals surface area contributed by atoms with Crippen molar-refractivity contribution < 1.29 is 33.3 Å². The van der Waals surface area contributed by atoms with Crippen molar-refractivity contribution in [1.82, 2.24) is 4.90 Å². The maximum Gasteiger partial charge on any atom is 0.337 e. The summed E-state index contributed by atoms with van der Waals surface area (Å²) in [6, 6.07) is 9.11. The van der Waals surface area contributed by atoms with E-state index in [0.29, 0.717) is 36.6 Å². The molecule has 9 nitrogen and oxygen atoms in total. The summed E-state index contributed by atoms with van der Waals surface area (Å²) in [6.07, 6.45) is 2.79. The molecule has 2 heterocycles. The highest BCUT2D eigenvalue weighted by atomic mass is 16.5. The fourth-order valence-corrected chi connectivity index (χ4v) is 4.23. The summed E-state index contributed by atoms with van der Waals surface area (Å²) in [4.78, 5) is 38.9. The van der Waals surface area contributed by atoms with E-state index in [-0.39, 0.29) is 34.4 Å². The van der Waals surface area contributed by atoms with Crippen LogP contribution in [0, 0.1) is 5.92 Å². The van der Waals surface area contributed by atoms with Crippen molar-refractivity contribution in [2.24, 2.45) is 5.92 Å². The SMILES string of the molecule is CCOC(=O)C1CCCN(Cc2c(O)ccc3c(=O)c(Oc4ccc(C(=O)OC)cc4)coc23)C1. The Morgan fingerprint density at radius 3 is 2.66 bits per heavy atom. The molecule has 1 aliphatic rings. The minimum absolute atomic E-state index is 0.00553. The fraction of sp³-hybridized carbons (Fsp3) is 0.346. The number of fused-ring (bicyclic) bond motifs is 1. The minimum atomic E-state index is -0.476. The normalized spacial score (nSPS) is 16.1. The lowest BCUT2D eigenvalue weighted by Gasteiger charge is -2.31. The van der Waals surface area contributed by atoms with E-state index in [9.17, 15) is 19.5 Å². The maximum absolute atomic E-state index is 13.1. The van der Waals surface area contributed by atoms with Crippen molar-refractivity contribution in [2.75, 3.05) is 26.8 Å². The first kappa shape index (κ1) is 24.3. The average molecular weight is 482 g/mol. The van der Waals surface area contributed by atoms with Gasteiger partial charge in [0.25, 0.3) is 0 Å². The van der Waals surface area contributed by atoms with Crippen LogP contribution in [0.25, 0.3) is 11.0 Å². The number of hydrogen-bond donors (Lipinski definition) is 1. The van der Waals surface area contributed by atoms with E-state index >= 15 is 0 Å². The molecule has 1 aliphatic heterocycles. The number of piperidine rings is 1. The highest BCUT2D eigenvalue weighted by molar-refractivity contribution is 5.89. The Bertz CT molecular complexity index is 1280. The van der Waals surface area contributed by atoms with E-state index in [1.807, 2.05) is 4.90 Å². The summed E-state index contributed by atoms with van der Waals surface area (Å²) in [5, 5.41) is 10.8. The standard InChI is InChI=1S/C26H27NO8/c1-3-33-26(31)17-5-4-12-27(13-17)14-20-21(28)11-10-19-23(29)22(15-34-24(19)20)35-18-8-6-16(7-9-18)25(30)32-2/h6-11,15,17,28H,3-5,12-14H2,1-2H3. The van der Waals surface area contributed by atoms with Crippen LogP contribution in [0.5, 0.6) is 17.2 Å². The molecule has 9 heteroatoms.